The van der Waals surface area contributed by atoms with Gasteiger partial charge in [-0.3, -0.25) is 9.78 Å². The molecular formula is C14H10IN3O2. The van der Waals surface area contributed by atoms with Crippen LogP contribution in [0.3, 0.4) is 0 Å². The first-order valence-corrected chi connectivity index (χ1v) is 6.99. The lowest BCUT2D eigenvalue weighted by Gasteiger charge is -2.05. The number of benzene rings is 1. The second-order valence-corrected chi connectivity index (χ2v) is 5.49. The molecule has 0 aliphatic heterocycles. The van der Waals surface area contributed by atoms with Gasteiger partial charge in [-0.05, 0) is 53.8 Å². The van der Waals surface area contributed by atoms with E-state index in [0.29, 0.717) is 5.82 Å². The smallest absolute Gasteiger partial charge is 0.268 e. The molecule has 6 heteroatoms. The van der Waals surface area contributed by atoms with Crippen LogP contribution in [0.1, 0.15) is 5.69 Å². The summed E-state index contributed by atoms with van der Waals surface area (Å²) in [7, 11) is 0. The quantitative estimate of drug-likeness (QED) is 0.638. The van der Waals surface area contributed by atoms with E-state index in [1.807, 2.05) is 37.3 Å². The lowest BCUT2D eigenvalue weighted by Crippen LogP contribution is -2.12. The maximum Gasteiger partial charge on any atom is 0.268 e. The minimum Gasteiger partial charge on any atom is -0.492 e. The summed E-state index contributed by atoms with van der Waals surface area (Å²) in [6, 6.07) is 9.46. The van der Waals surface area contributed by atoms with Crippen LogP contribution in [0.4, 0.5) is 0 Å². The molecular weight excluding hydrogens is 369 g/mol. The van der Waals surface area contributed by atoms with Crippen LogP contribution in [0, 0.1) is 10.5 Å². The van der Waals surface area contributed by atoms with Gasteiger partial charge in [0.2, 0.25) is 5.88 Å². The van der Waals surface area contributed by atoms with Gasteiger partial charge < -0.3 is 10.1 Å². The number of pyridine rings is 1. The van der Waals surface area contributed by atoms with Crippen LogP contribution in [-0.2, 0) is 0 Å². The van der Waals surface area contributed by atoms with E-state index in [-0.39, 0.29) is 15.0 Å². The molecule has 0 aliphatic carbocycles. The molecule has 0 spiro atoms. The van der Waals surface area contributed by atoms with Gasteiger partial charge in [0.25, 0.3) is 5.56 Å². The SMILES string of the molecule is Cc1ccc2cc(-c3nc(O)c(I)c(=O)[nH]3)ccc2n1. The van der Waals surface area contributed by atoms with Crippen molar-refractivity contribution in [1.82, 2.24) is 15.0 Å². The zero-order valence-electron chi connectivity index (χ0n) is 10.5. The van der Waals surface area contributed by atoms with Crippen LogP contribution in [0.2, 0.25) is 0 Å². The molecule has 0 amide bonds. The molecule has 0 bridgehead atoms. The van der Waals surface area contributed by atoms with Gasteiger partial charge in [-0.2, -0.15) is 4.98 Å². The Morgan fingerprint density at radius 2 is 2.00 bits per heavy atom. The number of hydrogen-bond donors (Lipinski definition) is 2. The molecule has 0 fully saturated rings. The molecule has 2 aromatic heterocycles. The van der Waals surface area contributed by atoms with Crippen molar-refractivity contribution < 1.29 is 5.11 Å². The van der Waals surface area contributed by atoms with Gasteiger partial charge in [0.15, 0.2) is 0 Å². The highest BCUT2D eigenvalue weighted by atomic mass is 127. The van der Waals surface area contributed by atoms with Crippen molar-refractivity contribution in [1.29, 1.82) is 0 Å². The molecule has 0 unspecified atom stereocenters. The van der Waals surface area contributed by atoms with E-state index in [1.165, 1.54) is 0 Å². The largest absolute Gasteiger partial charge is 0.492 e. The zero-order valence-corrected chi connectivity index (χ0v) is 12.7. The van der Waals surface area contributed by atoms with Gasteiger partial charge in [0.1, 0.15) is 9.39 Å². The summed E-state index contributed by atoms with van der Waals surface area (Å²) in [5.74, 6) is 0.0851. The van der Waals surface area contributed by atoms with Crippen LogP contribution in [0.15, 0.2) is 35.1 Å². The highest BCUT2D eigenvalue weighted by Gasteiger charge is 2.09. The van der Waals surface area contributed by atoms with Crippen molar-refractivity contribution in [3.8, 4) is 17.3 Å². The molecule has 0 radical (unpaired) electrons. The summed E-state index contributed by atoms with van der Waals surface area (Å²) in [6.07, 6.45) is 0. The van der Waals surface area contributed by atoms with Crippen LogP contribution in [0.5, 0.6) is 5.88 Å². The molecule has 3 rings (SSSR count). The van der Waals surface area contributed by atoms with E-state index in [4.69, 9.17) is 0 Å². The van der Waals surface area contributed by atoms with Crippen molar-refractivity contribution in [2.75, 3.05) is 0 Å². The Hall–Kier alpha value is -1.96. The van der Waals surface area contributed by atoms with Gasteiger partial charge in [0, 0.05) is 16.6 Å². The Morgan fingerprint density at radius 3 is 2.75 bits per heavy atom. The Morgan fingerprint density at radius 1 is 1.20 bits per heavy atom. The van der Waals surface area contributed by atoms with Crippen molar-refractivity contribution >= 4 is 33.5 Å². The maximum atomic E-state index is 11.7. The molecule has 0 aliphatic rings. The normalized spacial score (nSPS) is 10.9. The first-order valence-electron chi connectivity index (χ1n) is 5.91. The second-order valence-electron chi connectivity index (χ2n) is 4.41. The number of H-pyrrole nitrogens is 1. The number of nitrogens with zero attached hydrogens (tertiary/aromatic N) is 2. The van der Waals surface area contributed by atoms with Crippen molar-refractivity contribution in [2.24, 2.45) is 0 Å². The maximum absolute atomic E-state index is 11.7. The van der Waals surface area contributed by atoms with Gasteiger partial charge in [0.05, 0.1) is 5.52 Å². The third kappa shape index (κ3) is 2.26. The van der Waals surface area contributed by atoms with E-state index >= 15 is 0 Å². The number of aryl methyl sites for hydroxylation is 1. The standard InChI is InChI=1S/C14H10IN3O2/c1-7-2-3-8-6-9(4-5-10(8)16-7)12-17-13(19)11(15)14(20)18-12/h2-6H,1H3,(H2,17,18,19,20). The van der Waals surface area contributed by atoms with Gasteiger partial charge in [-0.1, -0.05) is 6.07 Å². The summed E-state index contributed by atoms with van der Waals surface area (Å²) < 4.78 is 0.185. The number of rotatable bonds is 1. The zero-order chi connectivity index (χ0) is 14.3. The van der Waals surface area contributed by atoms with Crippen molar-refractivity contribution in [3.63, 3.8) is 0 Å². The van der Waals surface area contributed by atoms with Gasteiger partial charge in [-0.15, -0.1) is 0 Å². The Kier molecular flexibility index (Phi) is 3.17. The lowest BCUT2D eigenvalue weighted by atomic mass is 10.1. The number of aromatic amines is 1. The Bertz CT molecular complexity index is 874. The predicted octanol–water partition coefficient (Wildman–Crippen LogP) is 2.60. The minimum absolute atomic E-state index is 0.185. The number of aromatic hydroxyl groups is 1. The molecule has 1 aromatic carbocycles. The minimum atomic E-state index is -0.352. The first kappa shape index (κ1) is 13.0. The number of hydrogen-bond acceptors (Lipinski definition) is 4. The van der Waals surface area contributed by atoms with E-state index in [0.717, 1.165) is 22.2 Å². The summed E-state index contributed by atoms with van der Waals surface area (Å²) >= 11 is 1.76. The molecule has 5 nitrogen and oxygen atoms in total. The second kappa shape index (κ2) is 4.86. The number of fused-ring (bicyclic) bond motifs is 1. The summed E-state index contributed by atoms with van der Waals surface area (Å²) in [5.41, 5.74) is 2.21. The number of aromatic nitrogens is 3. The molecule has 2 heterocycles. The Labute approximate surface area is 127 Å². The molecule has 20 heavy (non-hydrogen) atoms. The molecule has 0 saturated heterocycles. The average Bonchev–Trinajstić information content (AvgIpc) is 2.43. The van der Waals surface area contributed by atoms with Gasteiger partial charge >= 0.3 is 0 Å². The third-order valence-electron chi connectivity index (χ3n) is 2.95. The first-order chi connectivity index (χ1) is 9.54. The van der Waals surface area contributed by atoms with Crippen LogP contribution >= 0.6 is 22.6 Å². The fourth-order valence-electron chi connectivity index (χ4n) is 1.96. The monoisotopic (exact) mass is 379 g/mol. The molecule has 0 saturated carbocycles. The summed E-state index contributed by atoms with van der Waals surface area (Å²) in [5, 5.41) is 10.6. The van der Waals surface area contributed by atoms with E-state index < -0.39 is 0 Å². The lowest BCUT2D eigenvalue weighted by molar-refractivity contribution is 0.447. The van der Waals surface area contributed by atoms with Crippen molar-refractivity contribution in [2.45, 2.75) is 6.92 Å². The fraction of sp³-hybridized carbons (Fsp3) is 0.0714. The number of nitrogens with one attached hydrogen (secondary N) is 1. The van der Waals surface area contributed by atoms with E-state index in [1.54, 1.807) is 22.6 Å². The summed E-state index contributed by atoms with van der Waals surface area (Å²) in [4.78, 5) is 22.7. The topological polar surface area (TPSA) is 78.9 Å². The Balaban J connectivity index is 2.20. The molecule has 100 valence electrons. The molecule has 0 atom stereocenters. The average molecular weight is 379 g/mol. The fourth-order valence-corrected chi connectivity index (χ4v) is 2.21. The molecule has 3 aromatic rings. The van der Waals surface area contributed by atoms with Crippen LogP contribution in [0.25, 0.3) is 22.3 Å². The highest BCUT2D eigenvalue weighted by molar-refractivity contribution is 14.1. The van der Waals surface area contributed by atoms with Crippen molar-refractivity contribution in [3.05, 3.63) is 49.9 Å². The van der Waals surface area contributed by atoms with Crippen LogP contribution < -0.4 is 5.56 Å². The summed E-state index contributed by atoms with van der Waals surface area (Å²) in [6.45, 7) is 1.93. The molecule has 2 N–H and O–H groups in total. The highest BCUT2D eigenvalue weighted by Crippen LogP contribution is 2.22. The van der Waals surface area contributed by atoms with Gasteiger partial charge in [-0.25, -0.2) is 0 Å². The van der Waals surface area contributed by atoms with E-state index in [2.05, 4.69) is 15.0 Å². The third-order valence-corrected chi connectivity index (χ3v) is 3.92. The van der Waals surface area contributed by atoms with Crippen LogP contribution in [-0.4, -0.2) is 20.1 Å². The predicted molar refractivity (Wildman–Crippen MR) is 84.7 cm³/mol. The number of halogens is 1. The van der Waals surface area contributed by atoms with E-state index in [9.17, 15) is 9.90 Å².